The van der Waals surface area contributed by atoms with Gasteiger partial charge in [0.15, 0.2) is 5.78 Å². The van der Waals surface area contributed by atoms with E-state index in [9.17, 15) is 14.7 Å². The summed E-state index contributed by atoms with van der Waals surface area (Å²) in [6.45, 7) is 1.52. The number of carbonyl (C=O) groups excluding carboxylic acids is 1. The first-order valence-corrected chi connectivity index (χ1v) is 6.96. The number of carbonyl (C=O) groups is 1. The summed E-state index contributed by atoms with van der Waals surface area (Å²) in [7, 11) is 0. The lowest BCUT2D eigenvalue weighted by Gasteiger charge is -2.02. The number of para-hydroxylation sites is 1. The first-order chi connectivity index (χ1) is 11.1. The maximum absolute atomic E-state index is 12.2. The third-order valence-electron chi connectivity index (χ3n) is 3.40. The largest absolute Gasteiger partial charge is 0.507 e. The molecule has 0 fully saturated rings. The molecule has 2 aromatic heterocycles. The van der Waals surface area contributed by atoms with E-state index in [1.807, 2.05) is 24.3 Å². The molecule has 5 heteroatoms. The van der Waals surface area contributed by atoms with Crippen molar-refractivity contribution in [3.63, 3.8) is 0 Å². The van der Waals surface area contributed by atoms with Gasteiger partial charge < -0.3 is 9.52 Å². The highest BCUT2D eigenvalue weighted by Gasteiger charge is 2.15. The molecule has 0 spiro atoms. The number of benzene rings is 1. The monoisotopic (exact) mass is 307 g/mol. The van der Waals surface area contributed by atoms with E-state index < -0.39 is 11.4 Å². The molecule has 0 aliphatic carbocycles. The van der Waals surface area contributed by atoms with Crippen molar-refractivity contribution in [2.45, 2.75) is 6.92 Å². The molecule has 0 aliphatic heterocycles. The molecule has 0 unspecified atom stereocenters. The van der Waals surface area contributed by atoms with Crippen molar-refractivity contribution in [1.29, 1.82) is 0 Å². The molecule has 0 radical (unpaired) electrons. The Morgan fingerprint density at radius 1 is 1.26 bits per heavy atom. The van der Waals surface area contributed by atoms with Crippen LogP contribution in [0, 0.1) is 6.92 Å². The molecule has 5 nitrogen and oxygen atoms in total. The molecule has 0 saturated carbocycles. The lowest BCUT2D eigenvalue weighted by atomic mass is 10.1. The average Bonchev–Trinajstić information content (AvgIpc) is 2.52. The predicted octanol–water partition coefficient (Wildman–Crippen LogP) is 3.10. The third-order valence-corrected chi connectivity index (χ3v) is 3.40. The molecule has 0 amide bonds. The molecule has 0 atom stereocenters. The Labute approximate surface area is 131 Å². The van der Waals surface area contributed by atoms with Crippen molar-refractivity contribution >= 4 is 22.8 Å². The maximum Gasteiger partial charge on any atom is 0.351 e. The van der Waals surface area contributed by atoms with Crippen molar-refractivity contribution < 1.29 is 14.3 Å². The summed E-state index contributed by atoms with van der Waals surface area (Å²) in [4.78, 5) is 28.2. The molecule has 1 aromatic carbocycles. The second-order valence-corrected chi connectivity index (χ2v) is 5.02. The van der Waals surface area contributed by atoms with Gasteiger partial charge in [-0.2, -0.15) is 0 Å². The zero-order valence-electron chi connectivity index (χ0n) is 12.3. The summed E-state index contributed by atoms with van der Waals surface area (Å²) in [6.07, 6.45) is 4.47. The van der Waals surface area contributed by atoms with Crippen molar-refractivity contribution in [2.24, 2.45) is 0 Å². The summed E-state index contributed by atoms with van der Waals surface area (Å²) in [5.41, 5.74) is 0.377. The Morgan fingerprint density at radius 3 is 2.83 bits per heavy atom. The molecule has 0 bridgehead atoms. The van der Waals surface area contributed by atoms with Gasteiger partial charge in [0.25, 0.3) is 0 Å². The first kappa shape index (κ1) is 14.7. The van der Waals surface area contributed by atoms with Gasteiger partial charge in [-0.1, -0.05) is 24.3 Å². The summed E-state index contributed by atoms with van der Waals surface area (Å²) < 4.78 is 4.85. The Balaban J connectivity index is 2.00. The minimum Gasteiger partial charge on any atom is -0.507 e. The summed E-state index contributed by atoms with van der Waals surface area (Å²) in [5, 5.41) is 10.7. The smallest absolute Gasteiger partial charge is 0.351 e. The minimum atomic E-state index is -0.850. The Bertz CT molecular complexity index is 980. The van der Waals surface area contributed by atoms with Crippen molar-refractivity contribution in [1.82, 2.24) is 4.98 Å². The van der Waals surface area contributed by atoms with Crippen molar-refractivity contribution in [3.8, 4) is 5.75 Å². The number of hydrogen-bond donors (Lipinski definition) is 1. The van der Waals surface area contributed by atoms with Gasteiger partial charge in [0.05, 0.1) is 5.52 Å². The van der Waals surface area contributed by atoms with E-state index in [2.05, 4.69) is 4.98 Å². The number of aryl methyl sites for hydroxylation is 1. The van der Waals surface area contributed by atoms with E-state index in [-0.39, 0.29) is 17.1 Å². The number of aromatic hydroxyl groups is 1. The second kappa shape index (κ2) is 5.88. The van der Waals surface area contributed by atoms with Gasteiger partial charge >= 0.3 is 5.63 Å². The number of aromatic nitrogens is 1. The molecule has 0 aliphatic rings. The van der Waals surface area contributed by atoms with Crippen LogP contribution in [0.25, 0.3) is 17.0 Å². The first-order valence-electron chi connectivity index (χ1n) is 6.96. The van der Waals surface area contributed by atoms with E-state index in [4.69, 9.17) is 4.42 Å². The van der Waals surface area contributed by atoms with Crippen molar-refractivity contribution in [2.75, 3.05) is 0 Å². The molecule has 3 aromatic rings. The van der Waals surface area contributed by atoms with Crippen LogP contribution in [0.2, 0.25) is 0 Å². The number of rotatable bonds is 3. The van der Waals surface area contributed by atoms with Crippen LogP contribution in [0.5, 0.6) is 5.75 Å². The molecule has 1 N–H and O–H groups in total. The van der Waals surface area contributed by atoms with Gasteiger partial charge in [-0.05, 0) is 30.7 Å². The Kier molecular flexibility index (Phi) is 3.76. The van der Waals surface area contributed by atoms with Crippen LogP contribution >= 0.6 is 0 Å². The number of ketones is 1. The molecular formula is C18H13NO4. The summed E-state index contributed by atoms with van der Waals surface area (Å²) in [5.74, 6) is -0.752. The zero-order valence-corrected chi connectivity index (χ0v) is 12.3. The summed E-state index contributed by atoms with van der Waals surface area (Å²) >= 11 is 0. The molecule has 0 saturated heterocycles. The highest BCUT2D eigenvalue weighted by molar-refractivity contribution is 6.09. The molecule has 2 heterocycles. The topological polar surface area (TPSA) is 80.4 Å². The number of pyridine rings is 1. The van der Waals surface area contributed by atoms with Crippen LogP contribution in [0.1, 0.15) is 21.7 Å². The van der Waals surface area contributed by atoms with Gasteiger partial charge in [0, 0.05) is 17.6 Å². The van der Waals surface area contributed by atoms with Gasteiger partial charge in [0.2, 0.25) is 0 Å². The summed E-state index contributed by atoms with van der Waals surface area (Å²) in [6, 6.07) is 10.5. The lowest BCUT2D eigenvalue weighted by Crippen LogP contribution is -2.12. The number of nitrogens with zero attached hydrogens (tertiary/aromatic N) is 1. The van der Waals surface area contributed by atoms with Gasteiger partial charge in [0.1, 0.15) is 17.1 Å². The van der Waals surface area contributed by atoms with Crippen LogP contribution in [0.4, 0.5) is 0 Å². The maximum atomic E-state index is 12.2. The van der Waals surface area contributed by atoms with Gasteiger partial charge in [-0.25, -0.2) is 4.79 Å². The van der Waals surface area contributed by atoms with Crippen LogP contribution in [-0.2, 0) is 0 Å². The zero-order chi connectivity index (χ0) is 16.4. The number of fused-ring (bicyclic) bond motifs is 1. The highest BCUT2D eigenvalue weighted by Crippen LogP contribution is 2.19. The SMILES string of the molecule is Cc1cc(O)c(C(=O)/C=C/c2ccnc3ccccc23)c(=O)o1. The minimum absolute atomic E-state index is 0.244. The van der Waals surface area contributed by atoms with Crippen LogP contribution in [0.15, 0.2) is 57.9 Å². The lowest BCUT2D eigenvalue weighted by molar-refractivity contribution is 0.104. The van der Waals surface area contributed by atoms with E-state index in [0.29, 0.717) is 0 Å². The number of allylic oxidation sites excluding steroid dienone is 1. The fourth-order valence-corrected chi connectivity index (χ4v) is 2.33. The average molecular weight is 307 g/mol. The van der Waals surface area contributed by atoms with E-state index in [1.54, 1.807) is 18.3 Å². The van der Waals surface area contributed by atoms with Crippen LogP contribution < -0.4 is 5.63 Å². The molecule has 3 rings (SSSR count). The predicted molar refractivity (Wildman–Crippen MR) is 86.5 cm³/mol. The van der Waals surface area contributed by atoms with Gasteiger partial charge in [-0.15, -0.1) is 0 Å². The van der Waals surface area contributed by atoms with E-state index in [1.165, 1.54) is 19.1 Å². The standard InChI is InChI=1S/C18H13NO4/c1-11-10-16(21)17(18(22)23-11)15(20)7-6-12-8-9-19-14-5-3-2-4-13(12)14/h2-10,21H,1H3/b7-6+. The van der Waals surface area contributed by atoms with Crippen LogP contribution in [0.3, 0.4) is 0 Å². The van der Waals surface area contributed by atoms with Gasteiger partial charge in [-0.3, -0.25) is 9.78 Å². The normalized spacial score (nSPS) is 11.2. The Morgan fingerprint density at radius 2 is 2.04 bits per heavy atom. The third kappa shape index (κ3) is 2.89. The highest BCUT2D eigenvalue weighted by atomic mass is 16.4. The fraction of sp³-hybridized carbons (Fsp3) is 0.0556. The fourth-order valence-electron chi connectivity index (χ4n) is 2.33. The second-order valence-electron chi connectivity index (χ2n) is 5.02. The molecule has 23 heavy (non-hydrogen) atoms. The number of hydrogen-bond acceptors (Lipinski definition) is 5. The van der Waals surface area contributed by atoms with Crippen LogP contribution in [-0.4, -0.2) is 15.9 Å². The Hall–Kier alpha value is -3.21. The van der Waals surface area contributed by atoms with Crippen molar-refractivity contribution in [3.05, 3.63) is 76.0 Å². The quantitative estimate of drug-likeness (QED) is 0.594. The molecule has 114 valence electrons. The van der Waals surface area contributed by atoms with E-state index in [0.717, 1.165) is 16.5 Å². The van der Waals surface area contributed by atoms with E-state index >= 15 is 0 Å². The molecular weight excluding hydrogens is 294 g/mol.